The number of benzene rings is 1. The van der Waals surface area contributed by atoms with Crippen LogP contribution < -0.4 is 0 Å². The second-order valence-corrected chi connectivity index (χ2v) is 7.45. The van der Waals surface area contributed by atoms with Crippen LogP contribution in [0.3, 0.4) is 0 Å². The number of carbonyl (C=O) groups is 3. The minimum atomic E-state index is -0.998. The first-order chi connectivity index (χ1) is 13.9. The molecule has 154 valence electrons. The standard InChI is InChI=1S/C20H25N5O4/c1-4-5-10-24-17(21-22-23-24)12-29-20(28)16(11-13(2)3)25-18(26)14-8-6-7-9-15(14)19(25)27/h6-9,13,16H,4-5,10-12H2,1-3H3/t16-/m0/s1. The SMILES string of the molecule is CCCCn1nnnc1COC(=O)[C@H](CC(C)C)N1C(=O)c2ccccc2C1=O. The summed E-state index contributed by atoms with van der Waals surface area (Å²) in [5.74, 6) is -1.08. The highest BCUT2D eigenvalue weighted by molar-refractivity contribution is 6.22. The summed E-state index contributed by atoms with van der Waals surface area (Å²) in [6, 6.07) is 5.57. The van der Waals surface area contributed by atoms with Crippen LogP contribution in [0.25, 0.3) is 0 Å². The lowest BCUT2D eigenvalue weighted by Crippen LogP contribution is -2.46. The molecule has 1 atom stereocenters. The summed E-state index contributed by atoms with van der Waals surface area (Å²) in [4.78, 5) is 39.5. The number of carbonyl (C=O) groups excluding carboxylic acids is 3. The Morgan fingerprint density at radius 1 is 1.14 bits per heavy atom. The third-order valence-electron chi connectivity index (χ3n) is 4.78. The number of amides is 2. The molecular formula is C20H25N5O4. The van der Waals surface area contributed by atoms with E-state index in [2.05, 4.69) is 22.4 Å². The van der Waals surface area contributed by atoms with E-state index in [0.29, 0.717) is 29.9 Å². The number of rotatable bonds is 9. The Bertz CT molecular complexity index is 873. The van der Waals surface area contributed by atoms with Gasteiger partial charge in [-0.15, -0.1) is 5.10 Å². The van der Waals surface area contributed by atoms with Crippen LogP contribution >= 0.6 is 0 Å². The number of aryl methyl sites for hydroxylation is 1. The molecule has 2 aromatic rings. The van der Waals surface area contributed by atoms with Crippen LogP contribution in [0.2, 0.25) is 0 Å². The molecule has 1 aliphatic heterocycles. The first-order valence-electron chi connectivity index (χ1n) is 9.82. The van der Waals surface area contributed by atoms with E-state index < -0.39 is 23.8 Å². The molecule has 9 heteroatoms. The lowest BCUT2D eigenvalue weighted by Gasteiger charge is -2.25. The molecule has 0 spiro atoms. The van der Waals surface area contributed by atoms with Crippen molar-refractivity contribution in [3.63, 3.8) is 0 Å². The number of esters is 1. The summed E-state index contributed by atoms with van der Waals surface area (Å²) in [6.07, 6.45) is 2.19. The largest absolute Gasteiger partial charge is 0.456 e. The van der Waals surface area contributed by atoms with Crippen molar-refractivity contribution in [1.82, 2.24) is 25.1 Å². The number of ether oxygens (including phenoxy) is 1. The van der Waals surface area contributed by atoms with E-state index in [1.807, 2.05) is 13.8 Å². The predicted octanol–water partition coefficient (Wildman–Crippen LogP) is 2.23. The molecule has 0 radical (unpaired) electrons. The van der Waals surface area contributed by atoms with Crippen LogP contribution in [-0.2, 0) is 22.7 Å². The molecule has 0 saturated heterocycles. The van der Waals surface area contributed by atoms with Gasteiger partial charge < -0.3 is 4.74 Å². The van der Waals surface area contributed by atoms with Gasteiger partial charge in [-0.2, -0.15) is 0 Å². The minimum Gasteiger partial charge on any atom is -0.456 e. The van der Waals surface area contributed by atoms with Gasteiger partial charge in [0.05, 0.1) is 11.1 Å². The Balaban J connectivity index is 1.76. The molecule has 2 heterocycles. The van der Waals surface area contributed by atoms with Gasteiger partial charge in [-0.25, -0.2) is 9.48 Å². The van der Waals surface area contributed by atoms with Crippen LogP contribution in [0, 0.1) is 5.92 Å². The Labute approximate surface area is 169 Å². The van der Waals surface area contributed by atoms with Crippen LogP contribution in [0.1, 0.15) is 66.6 Å². The van der Waals surface area contributed by atoms with E-state index in [-0.39, 0.29) is 12.5 Å². The molecule has 0 N–H and O–H groups in total. The van der Waals surface area contributed by atoms with Crippen LogP contribution in [0.15, 0.2) is 24.3 Å². The first kappa shape index (κ1) is 20.6. The molecule has 0 saturated carbocycles. The third-order valence-corrected chi connectivity index (χ3v) is 4.78. The molecule has 0 unspecified atom stereocenters. The molecule has 9 nitrogen and oxygen atoms in total. The number of tetrazole rings is 1. The number of hydrogen-bond donors (Lipinski definition) is 0. The Kier molecular flexibility index (Phi) is 6.36. The number of hydrogen-bond acceptors (Lipinski definition) is 7. The van der Waals surface area contributed by atoms with Gasteiger partial charge in [-0.3, -0.25) is 14.5 Å². The number of imide groups is 1. The first-order valence-corrected chi connectivity index (χ1v) is 9.82. The Hall–Kier alpha value is -3.10. The van der Waals surface area contributed by atoms with Crippen molar-refractivity contribution in [3.05, 3.63) is 41.2 Å². The third kappa shape index (κ3) is 4.33. The van der Waals surface area contributed by atoms with E-state index in [9.17, 15) is 14.4 Å². The second-order valence-electron chi connectivity index (χ2n) is 7.45. The average molecular weight is 399 g/mol. The monoisotopic (exact) mass is 399 g/mol. The average Bonchev–Trinajstić information content (AvgIpc) is 3.25. The lowest BCUT2D eigenvalue weighted by molar-refractivity contribution is -0.150. The zero-order valence-electron chi connectivity index (χ0n) is 16.9. The van der Waals surface area contributed by atoms with Crippen molar-refractivity contribution in [2.75, 3.05) is 0 Å². The highest BCUT2D eigenvalue weighted by atomic mass is 16.5. The molecule has 3 rings (SSSR count). The molecular weight excluding hydrogens is 374 g/mol. The van der Waals surface area contributed by atoms with Gasteiger partial charge >= 0.3 is 5.97 Å². The van der Waals surface area contributed by atoms with Crippen molar-refractivity contribution in [2.45, 2.75) is 59.2 Å². The van der Waals surface area contributed by atoms with E-state index in [1.165, 1.54) is 0 Å². The highest BCUT2D eigenvalue weighted by Gasteiger charge is 2.43. The normalized spacial score (nSPS) is 14.4. The number of fused-ring (bicyclic) bond motifs is 1. The maximum absolute atomic E-state index is 12.9. The van der Waals surface area contributed by atoms with Crippen LogP contribution in [-0.4, -0.2) is 48.9 Å². The molecule has 1 aromatic heterocycles. The Morgan fingerprint density at radius 3 is 2.38 bits per heavy atom. The lowest BCUT2D eigenvalue weighted by atomic mass is 10.0. The van der Waals surface area contributed by atoms with E-state index >= 15 is 0 Å². The van der Waals surface area contributed by atoms with Crippen molar-refractivity contribution in [1.29, 1.82) is 0 Å². The second kappa shape index (κ2) is 8.93. The topological polar surface area (TPSA) is 107 Å². The summed E-state index contributed by atoms with van der Waals surface area (Å²) in [5.41, 5.74) is 0.616. The maximum atomic E-state index is 12.9. The smallest absolute Gasteiger partial charge is 0.329 e. The maximum Gasteiger partial charge on any atom is 0.329 e. The molecule has 0 aliphatic carbocycles. The summed E-state index contributed by atoms with van der Waals surface area (Å²) in [5, 5.41) is 11.4. The highest BCUT2D eigenvalue weighted by Crippen LogP contribution is 2.27. The van der Waals surface area contributed by atoms with Crippen molar-refractivity contribution in [2.24, 2.45) is 5.92 Å². The fraction of sp³-hybridized carbons (Fsp3) is 0.500. The van der Waals surface area contributed by atoms with Gasteiger partial charge in [-0.05, 0) is 41.3 Å². The van der Waals surface area contributed by atoms with Crippen molar-refractivity contribution in [3.8, 4) is 0 Å². The molecule has 2 amide bonds. The Morgan fingerprint density at radius 2 is 1.79 bits per heavy atom. The predicted molar refractivity (Wildman–Crippen MR) is 103 cm³/mol. The molecule has 0 fully saturated rings. The number of nitrogens with zero attached hydrogens (tertiary/aromatic N) is 5. The van der Waals surface area contributed by atoms with E-state index in [1.54, 1.807) is 28.9 Å². The number of unbranched alkanes of at least 4 members (excludes halogenated alkanes) is 1. The van der Waals surface area contributed by atoms with Gasteiger partial charge in [0.15, 0.2) is 12.4 Å². The summed E-state index contributed by atoms with van der Waals surface area (Å²) in [7, 11) is 0. The quantitative estimate of drug-likeness (QED) is 0.470. The summed E-state index contributed by atoms with van der Waals surface area (Å²) >= 11 is 0. The van der Waals surface area contributed by atoms with Crippen molar-refractivity contribution >= 4 is 17.8 Å². The van der Waals surface area contributed by atoms with Gasteiger partial charge in [0.1, 0.15) is 6.04 Å². The van der Waals surface area contributed by atoms with Gasteiger partial charge in [0.2, 0.25) is 0 Å². The van der Waals surface area contributed by atoms with Crippen molar-refractivity contribution < 1.29 is 19.1 Å². The summed E-state index contributed by atoms with van der Waals surface area (Å²) < 4.78 is 7.02. The van der Waals surface area contributed by atoms with Crippen LogP contribution in [0.5, 0.6) is 0 Å². The van der Waals surface area contributed by atoms with Crippen LogP contribution in [0.4, 0.5) is 0 Å². The molecule has 1 aromatic carbocycles. The van der Waals surface area contributed by atoms with Gasteiger partial charge in [0, 0.05) is 6.54 Å². The minimum absolute atomic E-state index is 0.0757. The van der Waals surface area contributed by atoms with E-state index in [0.717, 1.165) is 17.7 Å². The fourth-order valence-electron chi connectivity index (χ4n) is 3.28. The van der Waals surface area contributed by atoms with E-state index in [4.69, 9.17) is 4.74 Å². The zero-order chi connectivity index (χ0) is 21.0. The summed E-state index contributed by atoms with van der Waals surface area (Å²) in [6.45, 7) is 6.41. The number of aromatic nitrogens is 4. The van der Waals surface area contributed by atoms with Gasteiger partial charge in [-0.1, -0.05) is 39.3 Å². The molecule has 0 bridgehead atoms. The fourth-order valence-corrected chi connectivity index (χ4v) is 3.28. The molecule has 29 heavy (non-hydrogen) atoms. The van der Waals surface area contributed by atoms with Gasteiger partial charge in [0.25, 0.3) is 11.8 Å². The zero-order valence-corrected chi connectivity index (χ0v) is 16.9. The molecule has 1 aliphatic rings.